The van der Waals surface area contributed by atoms with Gasteiger partial charge in [-0.15, -0.1) is 5.75 Å². The van der Waals surface area contributed by atoms with Crippen LogP contribution in [0.4, 0.5) is 0 Å². The van der Waals surface area contributed by atoms with Gasteiger partial charge in [-0.25, -0.2) is 0 Å². The summed E-state index contributed by atoms with van der Waals surface area (Å²) >= 11 is 0. The third-order valence-corrected chi connectivity index (χ3v) is 5.28. The Hall–Kier alpha value is -0.414. The van der Waals surface area contributed by atoms with Crippen molar-refractivity contribution in [1.82, 2.24) is 0 Å². The largest absolute Gasteiger partial charge is 1.00 e. The van der Waals surface area contributed by atoms with Gasteiger partial charge in [-0.05, 0) is 42.7 Å². The van der Waals surface area contributed by atoms with Crippen LogP contribution in [0.5, 0.6) is 17.2 Å². The number of unbranched alkanes of at least 4 members (excludes halogenated alkanes) is 6. The second kappa shape index (κ2) is 13.0. The summed E-state index contributed by atoms with van der Waals surface area (Å²) < 4.78 is 37.8. The van der Waals surface area contributed by atoms with Crippen molar-refractivity contribution >= 4 is 10.1 Å². The van der Waals surface area contributed by atoms with Gasteiger partial charge in [0.1, 0.15) is 16.4 Å². The predicted molar refractivity (Wildman–Crippen MR) is 104 cm³/mol. The molecule has 0 aliphatic heterocycles. The van der Waals surface area contributed by atoms with Crippen molar-refractivity contribution in [3.63, 3.8) is 0 Å². The molecule has 0 spiro atoms. The van der Waals surface area contributed by atoms with Gasteiger partial charge in [-0.3, -0.25) is 4.55 Å². The van der Waals surface area contributed by atoms with E-state index >= 15 is 0 Å². The topological polar surface area (TPSA) is 86.7 Å². The fourth-order valence-electron chi connectivity index (χ4n) is 2.96. The summed E-state index contributed by atoms with van der Waals surface area (Å²) in [6, 6.07) is 10.5. The maximum atomic E-state index is 11.5. The maximum Gasteiger partial charge on any atom is 1.00 e. The molecule has 0 radical (unpaired) electrons. The van der Waals surface area contributed by atoms with Crippen LogP contribution in [0.2, 0.25) is 0 Å². The Balaban J connectivity index is 0.00000392. The van der Waals surface area contributed by atoms with Crippen molar-refractivity contribution < 1.29 is 74.2 Å². The third kappa shape index (κ3) is 8.94. The number of rotatable bonds is 11. The molecular weight excluding hydrogens is 403 g/mol. The van der Waals surface area contributed by atoms with E-state index in [2.05, 4.69) is 6.92 Å². The zero-order valence-electron chi connectivity index (χ0n) is 16.7. The van der Waals surface area contributed by atoms with Crippen LogP contribution in [0.15, 0.2) is 47.4 Å². The SMILES string of the molecule is CCCCCCCCCc1cccc(Oc2cc([O-])ccc2S(=O)(=O)O)c1.[K+]. The van der Waals surface area contributed by atoms with Crippen molar-refractivity contribution in [2.24, 2.45) is 0 Å². The number of benzene rings is 2. The molecule has 0 unspecified atom stereocenters. The van der Waals surface area contributed by atoms with Gasteiger partial charge in [0.05, 0.1) is 0 Å². The fourth-order valence-corrected chi connectivity index (χ4v) is 3.55. The molecular formula is C21H27KO5S. The van der Waals surface area contributed by atoms with E-state index in [0.717, 1.165) is 36.6 Å². The normalized spacial score (nSPS) is 11.1. The van der Waals surface area contributed by atoms with Crippen LogP contribution in [0.1, 0.15) is 57.4 Å². The predicted octanol–water partition coefficient (Wildman–Crippen LogP) is 2.10. The molecule has 5 nitrogen and oxygen atoms in total. The van der Waals surface area contributed by atoms with E-state index in [4.69, 9.17) is 4.74 Å². The van der Waals surface area contributed by atoms with Gasteiger partial charge in [-0.2, -0.15) is 8.42 Å². The maximum absolute atomic E-state index is 11.5. The molecule has 2 aromatic carbocycles. The molecule has 0 aliphatic rings. The molecule has 0 fully saturated rings. The minimum atomic E-state index is -4.47. The summed E-state index contributed by atoms with van der Waals surface area (Å²) in [6.45, 7) is 2.21. The van der Waals surface area contributed by atoms with Gasteiger partial charge in [0.2, 0.25) is 0 Å². The Kier molecular flexibility index (Phi) is 11.9. The van der Waals surface area contributed by atoms with Crippen molar-refractivity contribution in [2.75, 3.05) is 0 Å². The van der Waals surface area contributed by atoms with Crippen LogP contribution in [0, 0.1) is 0 Å². The molecule has 0 heterocycles. The third-order valence-electron chi connectivity index (χ3n) is 4.39. The van der Waals surface area contributed by atoms with E-state index in [0.29, 0.717) is 5.75 Å². The Bertz CT molecular complexity index is 836. The van der Waals surface area contributed by atoms with Crippen LogP contribution in [0.25, 0.3) is 0 Å². The molecule has 7 heteroatoms. The second-order valence-electron chi connectivity index (χ2n) is 6.70. The molecule has 0 amide bonds. The van der Waals surface area contributed by atoms with Gasteiger partial charge in [0.25, 0.3) is 10.1 Å². The second-order valence-corrected chi connectivity index (χ2v) is 8.09. The smallest absolute Gasteiger partial charge is 0.872 e. The van der Waals surface area contributed by atoms with Gasteiger partial charge in [0.15, 0.2) is 0 Å². The van der Waals surface area contributed by atoms with E-state index in [1.54, 1.807) is 6.07 Å². The summed E-state index contributed by atoms with van der Waals surface area (Å²) in [5.41, 5.74) is 1.09. The van der Waals surface area contributed by atoms with E-state index in [1.165, 1.54) is 38.5 Å². The molecule has 148 valence electrons. The zero-order chi connectivity index (χ0) is 19.7. The van der Waals surface area contributed by atoms with Crippen LogP contribution < -0.4 is 61.2 Å². The number of aryl methyl sites for hydroxylation is 1. The quantitative estimate of drug-likeness (QED) is 0.335. The molecule has 2 rings (SSSR count). The van der Waals surface area contributed by atoms with Crippen LogP contribution >= 0.6 is 0 Å². The summed E-state index contributed by atoms with van der Waals surface area (Å²) in [6.07, 6.45) is 9.55. The van der Waals surface area contributed by atoms with E-state index in [9.17, 15) is 18.1 Å². The minimum Gasteiger partial charge on any atom is -0.872 e. The number of hydrogen-bond acceptors (Lipinski definition) is 4. The molecule has 28 heavy (non-hydrogen) atoms. The summed E-state index contributed by atoms with van der Waals surface area (Å²) in [5, 5.41) is 11.5. The summed E-state index contributed by atoms with van der Waals surface area (Å²) in [5.74, 6) is -0.124. The van der Waals surface area contributed by atoms with Crippen molar-refractivity contribution in [2.45, 2.75) is 63.2 Å². The monoisotopic (exact) mass is 430 g/mol. The van der Waals surface area contributed by atoms with Crippen LogP contribution in [-0.4, -0.2) is 13.0 Å². The number of ether oxygens (including phenoxy) is 1. The van der Waals surface area contributed by atoms with Crippen molar-refractivity contribution in [1.29, 1.82) is 0 Å². The first-order chi connectivity index (χ1) is 12.9. The Labute approximate surface area is 210 Å². The average molecular weight is 431 g/mol. The zero-order valence-corrected chi connectivity index (χ0v) is 20.6. The Morgan fingerprint density at radius 2 is 1.64 bits per heavy atom. The van der Waals surface area contributed by atoms with Crippen molar-refractivity contribution in [3.05, 3.63) is 48.0 Å². The first kappa shape index (κ1) is 25.6. The molecule has 0 saturated heterocycles. The van der Waals surface area contributed by atoms with E-state index in [1.807, 2.05) is 18.2 Å². The fraction of sp³-hybridized carbons (Fsp3) is 0.429. The molecule has 0 aliphatic carbocycles. The first-order valence-electron chi connectivity index (χ1n) is 9.45. The molecule has 0 saturated carbocycles. The standard InChI is InChI=1S/C21H28O5S.K/c1-2-3-4-5-6-7-8-10-17-11-9-12-19(15-17)26-20-16-18(22)13-14-21(20)27(23,24)25;/h9,11-16,22H,2-8,10H2,1H3,(H,23,24,25);/q;+1/p-1. The van der Waals surface area contributed by atoms with Crippen LogP contribution in [-0.2, 0) is 16.5 Å². The molecule has 1 N–H and O–H groups in total. The van der Waals surface area contributed by atoms with Crippen molar-refractivity contribution in [3.8, 4) is 17.2 Å². The van der Waals surface area contributed by atoms with Gasteiger partial charge < -0.3 is 9.84 Å². The van der Waals surface area contributed by atoms with Gasteiger partial charge in [0, 0.05) is 0 Å². The molecule has 2 aromatic rings. The van der Waals surface area contributed by atoms with Gasteiger partial charge in [-0.1, -0.05) is 63.6 Å². The number of hydrogen-bond donors (Lipinski definition) is 1. The van der Waals surface area contributed by atoms with Crippen LogP contribution in [0.3, 0.4) is 0 Å². The Morgan fingerprint density at radius 3 is 2.32 bits per heavy atom. The summed E-state index contributed by atoms with van der Waals surface area (Å²) in [4.78, 5) is -0.417. The minimum absolute atomic E-state index is 0. The average Bonchev–Trinajstić information content (AvgIpc) is 2.60. The first-order valence-corrected chi connectivity index (χ1v) is 10.9. The molecule has 0 atom stereocenters. The summed E-state index contributed by atoms with van der Waals surface area (Å²) in [7, 11) is -4.47. The Morgan fingerprint density at radius 1 is 0.964 bits per heavy atom. The molecule has 0 bridgehead atoms. The molecule has 0 aromatic heterocycles. The van der Waals surface area contributed by atoms with E-state index < -0.39 is 20.8 Å². The van der Waals surface area contributed by atoms with Gasteiger partial charge >= 0.3 is 51.4 Å². The van der Waals surface area contributed by atoms with E-state index in [-0.39, 0.29) is 57.1 Å².